The number of hydrogen-bond acceptors (Lipinski definition) is 5. The van der Waals surface area contributed by atoms with Crippen molar-refractivity contribution in [3.63, 3.8) is 0 Å². The highest BCUT2D eigenvalue weighted by atomic mass is 16.2. The molecule has 25 heavy (non-hydrogen) atoms. The molecule has 1 aliphatic carbocycles. The monoisotopic (exact) mass is 340 g/mol. The van der Waals surface area contributed by atoms with E-state index in [4.69, 9.17) is 0 Å². The fourth-order valence-corrected chi connectivity index (χ4v) is 4.10. The zero-order valence-electron chi connectivity index (χ0n) is 14.8. The highest BCUT2D eigenvalue weighted by Gasteiger charge is 2.49. The van der Waals surface area contributed by atoms with Crippen molar-refractivity contribution in [2.75, 3.05) is 18.4 Å². The zero-order chi connectivity index (χ0) is 17.4. The SMILES string of the molecule is CCn1cc(C(=O)N2CCC3(CC(Nc4cc(C)ncn4)C3)C2)cn1. The van der Waals surface area contributed by atoms with Crippen LogP contribution in [-0.2, 0) is 6.54 Å². The number of rotatable bonds is 4. The van der Waals surface area contributed by atoms with E-state index in [9.17, 15) is 4.79 Å². The molecule has 1 aliphatic heterocycles. The van der Waals surface area contributed by atoms with Crippen LogP contribution in [0.25, 0.3) is 0 Å². The van der Waals surface area contributed by atoms with Gasteiger partial charge in [-0.05, 0) is 38.5 Å². The summed E-state index contributed by atoms with van der Waals surface area (Å²) in [5.74, 6) is 1.00. The van der Waals surface area contributed by atoms with Gasteiger partial charge in [-0.2, -0.15) is 5.10 Å². The second-order valence-electron chi connectivity index (χ2n) is 7.36. The third kappa shape index (κ3) is 3.10. The molecule has 2 aromatic heterocycles. The Morgan fingerprint density at radius 1 is 1.40 bits per heavy atom. The van der Waals surface area contributed by atoms with Crippen molar-refractivity contribution in [1.82, 2.24) is 24.6 Å². The van der Waals surface area contributed by atoms with Crippen molar-refractivity contribution in [3.05, 3.63) is 36.0 Å². The summed E-state index contributed by atoms with van der Waals surface area (Å²) in [5, 5.41) is 7.70. The summed E-state index contributed by atoms with van der Waals surface area (Å²) in [7, 11) is 0. The molecule has 7 heteroatoms. The number of carbonyl (C=O) groups is 1. The summed E-state index contributed by atoms with van der Waals surface area (Å²) in [5.41, 5.74) is 1.94. The van der Waals surface area contributed by atoms with Gasteiger partial charge in [0.25, 0.3) is 5.91 Å². The molecule has 1 spiro atoms. The minimum Gasteiger partial charge on any atom is -0.367 e. The standard InChI is InChI=1S/C18H24N6O/c1-3-24-10-14(9-21-24)17(25)23-5-4-18(11-23)7-15(8-18)22-16-6-13(2)19-12-20-16/h6,9-10,12,15H,3-5,7-8,11H2,1-2H3,(H,19,20,22). The fraction of sp³-hybridized carbons (Fsp3) is 0.556. The van der Waals surface area contributed by atoms with Gasteiger partial charge in [-0.25, -0.2) is 9.97 Å². The van der Waals surface area contributed by atoms with Gasteiger partial charge >= 0.3 is 0 Å². The Morgan fingerprint density at radius 3 is 2.96 bits per heavy atom. The van der Waals surface area contributed by atoms with E-state index in [1.807, 2.05) is 31.0 Å². The van der Waals surface area contributed by atoms with Crippen molar-refractivity contribution >= 4 is 11.7 Å². The van der Waals surface area contributed by atoms with Crippen LogP contribution < -0.4 is 5.32 Å². The summed E-state index contributed by atoms with van der Waals surface area (Å²) in [6.45, 7) is 6.47. The summed E-state index contributed by atoms with van der Waals surface area (Å²) >= 11 is 0. The number of amides is 1. The van der Waals surface area contributed by atoms with Crippen LogP contribution in [0.1, 0.15) is 42.2 Å². The normalized spacial score (nSPS) is 25.2. The van der Waals surface area contributed by atoms with Gasteiger partial charge in [0.15, 0.2) is 0 Å². The fourth-order valence-electron chi connectivity index (χ4n) is 4.10. The molecule has 7 nitrogen and oxygen atoms in total. The summed E-state index contributed by atoms with van der Waals surface area (Å²) in [6, 6.07) is 2.41. The number of aromatic nitrogens is 4. The quantitative estimate of drug-likeness (QED) is 0.922. The highest BCUT2D eigenvalue weighted by Crippen LogP contribution is 2.49. The number of nitrogens with one attached hydrogen (secondary N) is 1. The molecule has 3 heterocycles. The molecule has 1 N–H and O–H groups in total. The van der Waals surface area contributed by atoms with Crippen molar-refractivity contribution in [1.29, 1.82) is 0 Å². The van der Waals surface area contributed by atoms with Gasteiger partial charge in [-0.3, -0.25) is 9.48 Å². The first-order valence-corrected chi connectivity index (χ1v) is 8.94. The van der Waals surface area contributed by atoms with Crippen LogP contribution in [0.4, 0.5) is 5.82 Å². The van der Waals surface area contributed by atoms with Gasteiger partial charge in [0.1, 0.15) is 12.1 Å². The maximum Gasteiger partial charge on any atom is 0.257 e. The van der Waals surface area contributed by atoms with Crippen LogP contribution in [-0.4, -0.2) is 49.7 Å². The average molecular weight is 340 g/mol. The van der Waals surface area contributed by atoms with Gasteiger partial charge in [0.2, 0.25) is 0 Å². The van der Waals surface area contributed by atoms with Crippen molar-refractivity contribution in [3.8, 4) is 0 Å². The van der Waals surface area contributed by atoms with E-state index in [1.54, 1.807) is 17.2 Å². The van der Waals surface area contributed by atoms with E-state index >= 15 is 0 Å². The van der Waals surface area contributed by atoms with Crippen LogP contribution in [0, 0.1) is 12.3 Å². The smallest absolute Gasteiger partial charge is 0.257 e. The van der Waals surface area contributed by atoms with Gasteiger partial charge in [0, 0.05) is 43.6 Å². The first-order chi connectivity index (χ1) is 12.1. The van der Waals surface area contributed by atoms with Crippen LogP contribution >= 0.6 is 0 Å². The molecule has 132 valence electrons. The lowest BCUT2D eigenvalue weighted by Crippen LogP contribution is -2.47. The van der Waals surface area contributed by atoms with E-state index in [1.165, 1.54) is 0 Å². The Kier molecular flexibility index (Phi) is 3.94. The van der Waals surface area contributed by atoms with Gasteiger partial charge < -0.3 is 10.2 Å². The van der Waals surface area contributed by atoms with E-state index in [2.05, 4.69) is 20.4 Å². The second kappa shape index (κ2) is 6.13. The first-order valence-electron chi connectivity index (χ1n) is 8.94. The third-order valence-electron chi connectivity index (χ3n) is 5.44. The minimum atomic E-state index is 0.111. The molecule has 0 radical (unpaired) electrons. The predicted octanol–water partition coefficient (Wildman–Crippen LogP) is 2.11. The number of hydrogen-bond donors (Lipinski definition) is 1. The molecular formula is C18H24N6O. The Hall–Kier alpha value is -2.44. The lowest BCUT2D eigenvalue weighted by molar-refractivity contribution is 0.0716. The largest absolute Gasteiger partial charge is 0.367 e. The third-order valence-corrected chi connectivity index (χ3v) is 5.44. The van der Waals surface area contributed by atoms with E-state index in [0.29, 0.717) is 11.6 Å². The number of carbonyl (C=O) groups excluding carboxylic acids is 1. The molecule has 2 aromatic rings. The summed E-state index contributed by atoms with van der Waals surface area (Å²) in [4.78, 5) is 23.0. The zero-order valence-corrected chi connectivity index (χ0v) is 14.8. The van der Waals surface area contributed by atoms with Crippen LogP contribution in [0.15, 0.2) is 24.8 Å². The molecule has 2 aliphatic rings. The summed E-state index contributed by atoms with van der Waals surface area (Å²) in [6.07, 6.45) is 8.39. The Balaban J connectivity index is 1.33. The van der Waals surface area contributed by atoms with Gasteiger partial charge in [0.05, 0.1) is 11.8 Å². The number of nitrogens with zero attached hydrogens (tertiary/aromatic N) is 5. The number of anilines is 1. The topological polar surface area (TPSA) is 75.9 Å². The first kappa shape index (κ1) is 16.1. The van der Waals surface area contributed by atoms with E-state index in [0.717, 1.165) is 50.4 Å². The molecule has 0 atom stereocenters. The second-order valence-corrected chi connectivity index (χ2v) is 7.36. The molecule has 0 unspecified atom stereocenters. The minimum absolute atomic E-state index is 0.111. The van der Waals surface area contributed by atoms with E-state index < -0.39 is 0 Å². The van der Waals surface area contributed by atoms with Crippen LogP contribution in [0.3, 0.4) is 0 Å². The molecule has 1 amide bonds. The summed E-state index contributed by atoms with van der Waals surface area (Å²) < 4.78 is 1.80. The lowest BCUT2D eigenvalue weighted by Gasteiger charge is -2.45. The van der Waals surface area contributed by atoms with Gasteiger partial charge in [-0.15, -0.1) is 0 Å². The van der Waals surface area contributed by atoms with Crippen LogP contribution in [0.2, 0.25) is 0 Å². The predicted molar refractivity (Wildman–Crippen MR) is 94.3 cm³/mol. The van der Waals surface area contributed by atoms with Crippen molar-refractivity contribution in [2.24, 2.45) is 5.41 Å². The average Bonchev–Trinajstić information content (AvgIpc) is 3.21. The Morgan fingerprint density at radius 2 is 2.24 bits per heavy atom. The molecular weight excluding hydrogens is 316 g/mol. The maximum absolute atomic E-state index is 12.7. The lowest BCUT2D eigenvalue weighted by atomic mass is 9.65. The molecule has 4 rings (SSSR count). The molecule has 1 saturated carbocycles. The highest BCUT2D eigenvalue weighted by molar-refractivity contribution is 5.94. The van der Waals surface area contributed by atoms with Crippen molar-refractivity contribution < 1.29 is 4.79 Å². The molecule has 0 bridgehead atoms. The maximum atomic E-state index is 12.7. The van der Waals surface area contributed by atoms with Crippen molar-refractivity contribution in [2.45, 2.75) is 45.7 Å². The van der Waals surface area contributed by atoms with Gasteiger partial charge in [-0.1, -0.05) is 0 Å². The Bertz CT molecular complexity index is 779. The number of likely N-dealkylation sites (tertiary alicyclic amines) is 1. The Labute approximate surface area is 147 Å². The van der Waals surface area contributed by atoms with E-state index in [-0.39, 0.29) is 11.3 Å². The number of aryl methyl sites for hydroxylation is 2. The molecule has 1 saturated heterocycles. The molecule has 0 aromatic carbocycles. The van der Waals surface area contributed by atoms with Crippen LogP contribution in [0.5, 0.6) is 0 Å². The molecule has 2 fully saturated rings.